The van der Waals surface area contributed by atoms with Gasteiger partial charge in [-0.1, -0.05) is 30.3 Å². The van der Waals surface area contributed by atoms with Crippen molar-refractivity contribution in [2.24, 2.45) is 5.73 Å². The second kappa shape index (κ2) is 6.65. The molecule has 1 fully saturated rings. The smallest absolute Gasteiger partial charge is 0.244 e. The standard InChI is InChI=1S/C14H21N3O2/c15-13(12-4-2-1-3-5-12)14(19)17-8-6-16(7-9-17)10-11-18/h1-5,13,18H,6-11,15H2/t13-/m1/s1. The lowest BCUT2D eigenvalue weighted by Crippen LogP contribution is -2.51. The molecule has 0 aromatic heterocycles. The topological polar surface area (TPSA) is 69.8 Å². The fourth-order valence-electron chi connectivity index (χ4n) is 2.33. The molecule has 0 saturated carbocycles. The van der Waals surface area contributed by atoms with E-state index in [1.807, 2.05) is 35.2 Å². The number of nitrogens with zero attached hydrogens (tertiary/aromatic N) is 2. The zero-order valence-electron chi connectivity index (χ0n) is 11.0. The highest BCUT2D eigenvalue weighted by atomic mass is 16.3. The number of rotatable bonds is 4. The molecule has 1 aliphatic heterocycles. The van der Waals surface area contributed by atoms with Gasteiger partial charge in [-0.05, 0) is 5.56 Å². The second-order valence-electron chi connectivity index (χ2n) is 4.78. The minimum Gasteiger partial charge on any atom is -0.395 e. The third-order valence-electron chi connectivity index (χ3n) is 3.52. The number of carbonyl (C=O) groups excluding carboxylic acids is 1. The zero-order valence-corrected chi connectivity index (χ0v) is 11.0. The van der Waals surface area contributed by atoms with Crippen LogP contribution in [0, 0.1) is 0 Å². The highest BCUT2D eigenvalue weighted by Gasteiger charge is 2.25. The molecule has 0 spiro atoms. The van der Waals surface area contributed by atoms with Gasteiger partial charge in [0.25, 0.3) is 0 Å². The van der Waals surface area contributed by atoms with Crippen LogP contribution >= 0.6 is 0 Å². The predicted octanol–water partition coefficient (Wildman–Crippen LogP) is -0.177. The molecule has 3 N–H and O–H groups in total. The lowest BCUT2D eigenvalue weighted by Gasteiger charge is -2.35. The van der Waals surface area contributed by atoms with Crippen molar-refractivity contribution in [1.29, 1.82) is 0 Å². The minimum atomic E-state index is -0.578. The molecule has 0 bridgehead atoms. The summed E-state index contributed by atoms with van der Waals surface area (Å²) >= 11 is 0. The van der Waals surface area contributed by atoms with Crippen LogP contribution in [0.1, 0.15) is 11.6 Å². The normalized spacial score (nSPS) is 18.3. The monoisotopic (exact) mass is 263 g/mol. The average Bonchev–Trinajstić information content (AvgIpc) is 2.48. The van der Waals surface area contributed by atoms with Gasteiger partial charge in [0.2, 0.25) is 5.91 Å². The van der Waals surface area contributed by atoms with Crippen molar-refractivity contribution >= 4 is 5.91 Å². The third kappa shape index (κ3) is 3.53. The summed E-state index contributed by atoms with van der Waals surface area (Å²) in [5.41, 5.74) is 6.87. The highest BCUT2D eigenvalue weighted by Crippen LogP contribution is 2.14. The lowest BCUT2D eigenvalue weighted by molar-refractivity contribution is -0.134. The van der Waals surface area contributed by atoms with E-state index in [1.165, 1.54) is 0 Å². The van der Waals surface area contributed by atoms with Crippen LogP contribution in [0.3, 0.4) is 0 Å². The van der Waals surface area contributed by atoms with Crippen LogP contribution in [0.15, 0.2) is 30.3 Å². The van der Waals surface area contributed by atoms with E-state index in [-0.39, 0.29) is 12.5 Å². The Morgan fingerprint density at radius 1 is 1.21 bits per heavy atom. The number of hydrogen-bond acceptors (Lipinski definition) is 4. The number of piperazine rings is 1. The Hall–Kier alpha value is -1.43. The summed E-state index contributed by atoms with van der Waals surface area (Å²) in [7, 11) is 0. The first-order chi connectivity index (χ1) is 9.22. The van der Waals surface area contributed by atoms with Crippen LogP contribution in [-0.4, -0.2) is 60.1 Å². The maximum atomic E-state index is 12.3. The third-order valence-corrected chi connectivity index (χ3v) is 3.52. The van der Waals surface area contributed by atoms with Gasteiger partial charge in [-0.25, -0.2) is 0 Å². The van der Waals surface area contributed by atoms with Crippen molar-refractivity contribution < 1.29 is 9.90 Å². The number of hydrogen-bond donors (Lipinski definition) is 2. The molecule has 104 valence electrons. The molecule has 2 rings (SSSR count). The summed E-state index contributed by atoms with van der Waals surface area (Å²) in [6.45, 7) is 3.80. The summed E-state index contributed by atoms with van der Waals surface area (Å²) in [5.74, 6) is -0.0187. The van der Waals surface area contributed by atoms with Gasteiger partial charge in [-0.15, -0.1) is 0 Å². The Balaban J connectivity index is 1.91. The van der Waals surface area contributed by atoms with Crippen LogP contribution in [0.4, 0.5) is 0 Å². The van der Waals surface area contributed by atoms with Gasteiger partial charge < -0.3 is 15.7 Å². The Kier molecular flexibility index (Phi) is 4.90. The molecule has 0 unspecified atom stereocenters. The van der Waals surface area contributed by atoms with Crippen molar-refractivity contribution in [3.8, 4) is 0 Å². The minimum absolute atomic E-state index is 0.0187. The zero-order chi connectivity index (χ0) is 13.7. The van der Waals surface area contributed by atoms with E-state index >= 15 is 0 Å². The number of aliphatic hydroxyl groups is 1. The average molecular weight is 263 g/mol. The van der Waals surface area contributed by atoms with E-state index < -0.39 is 6.04 Å². The van der Waals surface area contributed by atoms with E-state index in [2.05, 4.69) is 4.90 Å². The Morgan fingerprint density at radius 2 is 1.84 bits per heavy atom. The summed E-state index contributed by atoms with van der Waals surface area (Å²) in [5, 5.41) is 8.89. The van der Waals surface area contributed by atoms with E-state index in [4.69, 9.17) is 10.8 Å². The largest absolute Gasteiger partial charge is 0.395 e. The first kappa shape index (κ1) is 14.0. The molecule has 1 aromatic rings. The number of carbonyl (C=O) groups is 1. The van der Waals surface area contributed by atoms with Crippen LogP contribution in [0.5, 0.6) is 0 Å². The number of benzene rings is 1. The molecule has 1 atom stereocenters. The number of nitrogens with two attached hydrogens (primary N) is 1. The summed E-state index contributed by atoms with van der Waals surface area (Å²) in [4.78, 5) is 16.3. The second-order valence-corrected chi connectivity index (χ2v) is 4.78. The molecule has 1 saturated heterocycles. The predicted molar refractivity (Wildman–Crippen MR) is 73.5 cm³/mol. The van der Waals surface area contributed by atoms with E-state index in [1.54, 1.807) is 0 Å². The molecule has 19 heavy (non-hydrogen) atoms. The fourth-order valence-corrected chi connectivity index (χ4v) is 2.33. The molecule has 0 radical (unpaired) electrons. The Labute approximate surface area is 113 Å². The molecule has 0 aliphatic carbocycles. The molecule has 1 aliphatic rings. The van der Waals surface area contributed by atoms with Gasteiger partial charge in [0, 0.05) is 32.7 Å². The molecule has 5 heteroatoms. The van der Waals surface area contributed by atoms with Crippen molar-refractivity contribution in [1.82, 2.24) is 9.80 Å². The number of β-amino-alcohol motifs (C(OH)–C–C–N with tert-alkyl or cyclic N) is 1. The first-order valence-electron chi connectivity index (χ1n) is 6.65. The van der Waals surface area contributed by atoms with Gasteiger partial charge in [-0.3, -0.25) is 9.69 Å². The maximum Gasteiger partial charge on any atom is 0.244 e. The quantitative estimate of drug-likeness (QED) is 0.791. The summed E-state index contributed by atoms with van der Waals surface area (Å²) in [6, 6.07) is 8.87. The van der Waals surface area contributed by atoms with Crippen molar-refractivity contribution in [3.63, 3.8) is 0 Å². The van der Waals surface area contributed by atoms with Crippen LogP contribution in [0.2, 0.25) is 0 Å². The van der Waals surface area contributed by atoms with Crippen LogP contribution in [-0.2, 0) is 4.79 Å². The SMILES string of the molecule is N[C@@H](C(=O)N1CCN(CCO)CC1)c1ccccc1. The van der Waals surface area contributed by atoms with Gasteiger partial charge in [-0.2, -0.15) is 0 Å². The molecule has 1 amide bonds. The molecule has 1 heterocycles. The molecule has 1 aromatic carbocycles. The molecular weight excluding hydrogens is 242 g/mol. The van der Waals surface area contributed by atoms with Gasteiger partial charge in [0.15, 0.2) is 0 Å². The Bertz CT molecular complexity index is 402. The molecule has 5 nitrogen and oxygen atoms in total. The summed E-state index contributed by atoms with van der Waals surface area (Å²) in [6.07, 6.45) is 0. The molecular formula is C14H21N3O2. The fraction of sp³-hybridized carbons (Fsp3) is 0.500. The van der Waals surface area contributed by atoms with Gasteiger partial charge in [0.05, 0.1) is 6.61 Å². The maximum absolute atomic E-state index is 12.3. The van der Waals surface area contributed by atoms with Crippen molar-refractivity contribution in [3.05, 3.63) is 35.9 Å². The van der Waals surface area contributed by atoms with Crippen LogP contribution in [0.25, 0.3) is 0 Å². The lowest BCUT2D eigenvalue weighted by atomic mass is 10.1. The number of aliphatic hydroxyl groups excluding tert-OH is 1. The van der Waals surface area contributed by atoms with Crippen molar-refractivity contribution in [2.75, 3.05) is 39.3 Å². The summed E-state index contributed by atoms with van der Waals surface area (Å²) < 4.78 is 0. The van der Waals surface area contributed by atoms with Gasteiger partial charge in [0.1, 0.15) is 6.04 Å². The number of amides is 1. The highest BCUT2D eigenvalue weighted by molar-refractivity contribution is 5.83. The van der Waals surface area contributed by atoms with E-state index in [9.17, 15) is 4.79 Å². The van der Waals surface area contributed by atoms with E-state index in [0.29, 0.717) is 19.6 Å². The van der Waals surface area contributed by atoms with Crippen LogP contribution < -0.4 is 5.73 Å². The first-order valence-corrected chi connectivity index (χ1v) is 6.65. The Morgan fingerprint density at radius 3 is 2.42 bits per heavy atom. The van der Waals surface area contributed by atoms with Crippen molar-refractivity contribution in [2.45, 2.75) is 6.04 Å². The van der Waals surface area contributed by atoms with E-state index in [0.717, 1.165) is 18.7 Å². The van der Waals surface area contributed by atoms with Gasteiger partial charge >= 0.3 is 0 Å².